The van der Waals surface area contributed by atoms with Crippen LogP contribution in [-0.4, -0.2) is 22.4 Å². The van der Waals surface area contributed by atoms with Gasteiger partial charge in [0, 0.05) is 42.1 Å². The number of hydrogen-bond acceptors (Lipinski definition) is 4. The number of hydrogen-bond donors (Lipinski definition) is 0. The lowest BCUT2D eigenvalue weighted by Gasteiger charge is -2.22. The van der Waals surface area contributed by atoms with E-state index < -0.39 is 0 Å². The lowest BCUT2D eigenvalue weighted by molar-refractivity contribution is 0.111. The lowest BCUT2D eigenvalue weighted by Crippen LogP contribution is -2.25. The molecule has 4 rings (SSSR count). The molecule has 0 unspecified atom stereocenters. The maximum atomic E-state index is 11.3. The number of aldehydes is 1. The maximum Gasteiger partial charge on any atom is 0.186 e. The molecule has 0 amide bonds. The van der Waals surface area contributed by atoms with E-state index in [1.807, 2.05) is 13.0 Å². The Kier molecular flexibility index (Phi) is 5.26. The first-order chi connectivity index (χ1) is 13.7. The zero-order valence-electron chi connectivity index (χ0n) is 16.1. The van der Waals surface area contributed by atoms with Gasteiger partial charge in [0.1, 0.15) is 5.69 Å². The summed E-state index contributed by atoms with van der Waals surface area (Å²) in [5.41, 5.74) is 4.37. The van der Waals surface area contributed by atoms with Crippen LogP contribution < -0.4 is 4.90 Å². The van der Waals surface area contributed by atoms with Crippen molar-refractivity contribution in [1.82, 2.24) is 9.55 Å². The Morgan fingerprint density at radius 3 is 2.61 bits per heavy atom. The lowest BCUT2D eigenvalue weighted by atomic mass is 10.1. The van der Waals surface area contributed by atoms with E-state index in [4.69, 9.17) is 0 Å². The number of aryl methyl sites for hydroxylation is 2. The molecule has 28 heavy (non-hydrogen) atoms. The van der Waals surface area contributed by atoms with Crippen LogP contribution in [-0.2, 0) is 20.0 Å². The standard InChI is InChI=1S/C23H23N3OS/c1-17-21(16-27)24-23(28-17)26(14-18-8-4-3-5-9-18)13-12-19-15-25(2)22-11-7-6-10-20(19)22/h3-11,15-16H,12-14H2,1-2H3. The van der Waals surface area contributed by atoms with Gasteiger partial charge in [-0.2, -0.15) is 0 Å². The third kappa shape index (κ3) is 3.71. The molecule has 0 radical (unpaired) electrons. The molecule has 0 saturated heterocycles. The average Bonchev–Trinajstić information content (AvgIpc) is 3.26. The van der Waals surface area contributed by atoms with Gasteiger partial charge in [-0.05, 0) is 30.5 Å². The van der Waals surface area contributed by atoms with Gasteiger partial charge in [-0.25, -0.2) is 4.98 Å². The molecule has 0 bridgehead atoms. The van der Waals surface area contributed by atoms with Crippen LogP contribution in [0.15, 0.2) is 60.8 Å². The molecule has 0 N–H and O–H groups in total. The summed E-state index contributed by atoms with van der Waals surface area (Å²) in [5.74, 6) is 0. The topological polar surface area (TPSA) is 38.1 Å². The number of thiazole rings is 1. The first kappa shape index (κ1) is 18.4. The minimum absolute atomic E-state index is 0.545. The van der Waals surface area contributed by atoms with Crippen LogP contribution >= 0.6 is 11.3 Å². The molecule has 0 aliphatic heterocycles. The van der Waals surface area contributed by atoms with Gasteiger partial charge < -0.3 is 9.47 Å². The Balaban J connectivity index is 1.62. The van der Waals surface area contributed by atoms with E-state index in [1.165, 1.54) is 22.0 Å². The highest BCUT2D eigenvalue weighted by molar-refractivity contribution is 7.15. The molecule has 4 nitrogen and oxygen atoms in total. The van der Waals surface area contributed by atoms with Crippen molar-refractivity contribution in [2.75, 3.05) is 11.4 Å². The Bertz CT molecular complexity index is 1100. The second-order valence-electron chi connectivity index (χ2n) is 7.00. The Morgan fingerprint density at radius 2 is 1.86 bits per heavy atom. The van der Waals surface area contributed by atoms with Crippen molar-refractivity contribution in [3.63, 3.8) is 0 Å². The number of rotatable bonds is 7. The summed E-state index contributed by atoms with van der Waals surface area (Å²) in [7, 11) is 2.09. The van der Waals surface area contributed by atoms with E-state index in [9.17, 15) is 4.79 Å². The van der Waals surface area contributed by atoms with Gasteiger partial charge >= 0.3 is 0 Å². The first-order valence-electron chi connectivity index (χ1n) is 9.40. The fourth-order valence-corrected chi connectivity index (χ4v) is 4.47. The SMILES string of the molecule is Cc1sc(N(CCc2cn(C)c3ccccc23)Cc2ccccc2)nc1C=O. The number of benzene rings is 2. The fraction of sp³-hybridized carbons (Fsp3) is 0.217. The minimum Gasteiger partial charge on any atom is -0.350 e. The predicted molar refractivity (Wildman–Crippen MR) is 116 cm³/mol. The molecular formula is C23H23N3OS. The van der Waals surface area contributed by atoms with Gasteiger partial charge in [0.2, 0.25) is 0 Å². The predicted octanol–water partition coefficient (Wildman–Crippen LogP) is 5.01. The highest BCUT2D eigenvalue weighted by Gasteiger charge is 2.16. The van der Waals surface area contributed by atoms with Gasteiger partial charge in [0.05, 0.1) is 0 Å². The number of para-hydroxylation sites is 1. The van der Waals surface area contributed by atoms with Crippen LogP contribution in [0, 0.1) is 6.92 Å². The summed E-state index contributed by atoms with van der Waals surface area (Å²) < 4.78 is 2.18. The normalized spacial score (nSPS) is 11.1. The summed E-state index contributed by atoms with van der Waals surface area (Å²) >= 11 is 1.59. The Hall–Kier alpha value is -2.92. The van der Waals surface area contributed by atoms with Gasteiger partial charge in [0.15, 0.2) is 11.4 Å². The molecular weight excluding hydrogens is 366 g/mol. The molecule has 0 aliphatic rings. The third-order valence-corrected chi connectivity index (χ3v) is 6.10. The molecule has 0 atom stereocenters. The number of carbonyl (C=O) groups is 1. The van der Waals surface area contributed by atoms with Crippen LogP contribution in [0.4, 0.5) is 5.13 Å². The minimum atomic E-state index is 0.545. The summed E-state index contributed by atoms with van der Waals surface area (Å²) in [4.78, 5) is 19.1. The summed E-state index contributed by atoms with van der Waals surface area (Å²) in [5, 5.41) is 2.21. The number of nitrogens with zero attached hydrogens (tertiary/aromatic N) is 3. The van der Waals surface area contributed by atoms with Crippen molar-refractivity contribution in [2.24, 2.45) is 7.05 Å². The van der Waals surface area contributed by atoms with Gasteiger partial charge in [-0.1, -0.05) is 48.5 Å². The highest BCUT2D eigenvalue weighted by atomic mass is 32.1. The molecule has 0 fully saturated rings. The molecule has 4 aromatic rings. The highest BCUT2D eigenvalue weighted by Crippen LogP contribution is 2.27. The van der Waals surface area contributed by atoms with Gasteiger partial charge in [0.25, 0.3) is 0 Å². The number of aromatic nitrogens is 2. The molecule has 5 heteroatoms. The van der Waals surface area contributed by atoms with Gasteiger partial charge in [-0.3, -0.25) is 4.79 Å². The fourth-order valence-electron chi connectivity index (χ4n) is 3.56. The van der Waals surface area contributed by atoms with E-state index in [0.29, 0.717) is 5.69 Å². The van der Waals surface area contributed by atoms with Crippen LogP contribution in [0.3, 0.4) is 0 Å². The Morgan fingerprint density at radius 1 is 1.11 bits per heavy atom. The zero-order valence-corrected chi connectivity index (χ0v) is 16.9. The van der Waals surface area contributed by atoms with Crippen molar-refractivity contribution in [3.05, 3.63) is 82.5 Å². The van der Waals surface area contributed by atoms with Crippen LogP contribution in [0.5, 0.6) is 0 Å². The molecule has 142 valence electrons. The summed E-state index contributed by atoms with van der Waals surface area (Å²) in [6.07, 6.45) is 3.99. The van der Waals surface area contributed by atoms with Crippen molar-refractivity contribution in [1.29, 1.82) is 0 Å². The molecule has 2 heterocycles. The molecule has 0 saturated carbocycles. The zero-order chi connectivity index (χ0) is 19.5. The largest absolute Gasteiger partial charge is 0.350 e. The molecule has 2 aromatic heterocycles. The average molecular weight is 390 g/mol. The number of anilines is 1. The second kappa shape index (κ2) is 7.98. The van der Waals surface area contributed by atoms with E-state index >= 15 is 0 Å². The number of carbonyl (C=O) groups excluding carboxylic acids is 1. The molecule has 2 aromatic carbocycles. The van der Waals surface area contributed by atoms with E-state index in [1.54, 1.807) is 11.3 Å². The molecule has 0 aliphatic carbocycles. The van der Waals surface area contributed by atoms with Crippen LogP contribution in [0.2, 0.25) is 0 Å². The van der Waals surface area contributed by atoms with Crippen molar-refractivity contribution < 1.29 is 4.79 Å². The van der Waals surface area contributed by atoms with Crippen molar-refractivity contribution >= 4 is 33.7 Å². The monoisotopic (exact) mass is 389 g/mol. The maximum absolute atomic E-state index is 11.3. The molecule has 0 spiro atoms. The van der Waals surface area contributed by atoms with Crippen molar-refractivity contribution in [3.8, 4) is 0 Å². The quantitative estimate of drug-likeness (QED) is 0.417. The van der Waals surface area contributed by atoms with E-state index in [-0.39, 0.29) is 0 Å². The Labute approximate surface area is 169 Å². The van der Waals surface area contributed by atoms with E-state index in [0.717, 1.165) is 35.8 Å². The van der Waals surface area contributed by atoms with Gasteiger partial charge in [-0.15, -0.1) is 11.3 Å². The van der Waals surface area contributed by atoms with Crippen molar-refractivity contribution in [2.45, 2.75) is 19.9 Å². The summed E-state index contributed by atoms with van der Waals surface area (Å²) in [6.45, 7) is 3.57. The summed E-state index contributed by atoms with van der Waals surface area (Å²) in [6, 6.07) is 18.9. The second-order valence-corrected chi connectivity index (χ2v) is 8.18. The number of fused-ring (bicyclic) bond motifs is 1. The smallest absolute Gasteiger partial charge is 0.186 e. The third-order valence-electron chi connectivity index (χ3n) is 5.05. The van der Waals surface area contributed by atoms with Crippen LogP contribution in [0.1, 0.15) is 26.5 Å². The van der Waals surface area contributed by atoms with Crippen LogP contribution in [0.25, 0.3) is 10.9 Å². The first-order valence-corrected chi connectivity index (χ1v) is 10.2. The van der Waals surface area contributed by atoms with E-state index in [2.05, 4.69) is 76.2 Å².